The topological polar surface area (TPSA) is 61.8 Å². The van der Waals surface area contributed by atoms with Crippen LogP contribution in [0.5, 0.6) is 17.2 Å². The van der Waals surface area contributed by atoms with Crippen LogP contribution in [0, 0.1) is 0 Å². The first kappa shape index (κ1) is 20.1. The van der Waals surface area contributed by atoms with Crippen molar-refractivity contribution in [3.63, 3.8) is 0 Å². The summed E-state index contributed by atoms with van der Waals surface area (Å²) in [5.74, 6) is 0.855. The van der Waals surface area contributed by atoms with Crippen molar-refractivity contribution < 1.29 is 23.8 Å². The first-order valence-corrected chi connectivity index (χ1v) is 10.4. The molecule has 0 spiro atoms. The fraction of sp³-hybridized carbons (Fsp3) is 0.0769. The number of benzene rings is 3. The third-order valence-corrected chi connectivity index (χ3v) is 5.50. The lowest BCUT2D eigenvalue weighted by molar-refractivity contribution is 0.0734. The highest BCUT2D eigenvalue weighted by Gasteiger charge is 2.29. The summed E-state index contributed by atoms with van der Waals surface area (Å²) in [6.07, 6.45) is 3.45. The van der Waals surface area contributed by atoms with Crippen LogP contribution in [0.1, 0.15) is 33.2 Å². The monoisotopic (exact) mass is 444 g/mol. The van der Waals surface area contributed by atoms with Gasteiger partial charge in [0, 0.05) is 16.7 Å². The van der Waals surface area contributed by atoms with Gasteiger partial charge in [-0.15, -0.1) is 0 Å². The van der Waals surface area contributed by atoms with Crippen molar-refractivity contribution in [2.24, 2.45) is 0 Å². The van der Waals surface area contributed by atoms with Crippen molar-refractivity contribution in [2.45, 2.75) is 13.0 Å². The first-order chi connectivity index (χ1) is 15.5. The molecule has 5 rings (SSSR count). The number of hydrogen-bond acceptors (Lipinski definition) is 5. The van der Waals surface area contributed by atoms with E-state index in [0.717, 1.165) is 16.9 Å². The summed E-state index contributed by atoms with van der Waals surface area (Å²) >= 11 is 5.85. The molecule has 6 heteroatoms. The highest BCUT2D eigenvalue weighted by atomic mass is 35.5. The maximum absolute atomic E-state index is 12.8. The average molecular weight is 445 g/mol. The Labute approximate surface area is 189 Å². The first-order valence-electron chi connectivity index (χ1n) is 10.0. The van der Waals surface area contributed by atoms with E-state index in [1.807, 2.05) is 37.3 Å². The maximum Gasteiger partial charge on any atom is 0.343 e. The number of hydrogen-bond donors (Lipinski definition) is 0. The van der Waals surface area contributed by atoms with Gasteiger partial charge in [0.15, 0.2) is 5.76 Å². The lowest BCUT2D eigenvalue weighted by Gasteiger charge is -2.22. The zero-order valence-corrected chi connectivity index (χ0v) is 17.8. The van der Waals surface area contributed by atoms with E-state index < -0.39 is 5.97 Å². The molecule has 0 aromatic heterocycles. The van der Waals surface area contributed by atoms with Gasteiger partial charge in [-0.25, -0.2) is 4.79 Å². The molecule has 0 saturated carbocycles. The number of halogens is 1. The van der Waals surface area contributed by atoms with Crippen LogP contribution in [-0.2, 0) is 0 Å². The molecule has 2 aliphatic rings. The van der Waals surface area contributed by atoms with Gasteiger partial charge in [-0.1, -0.05) is 29.8 Å². The van der Waals surface area contributed by atoms with Crippen molar-refractivity contribution in [3.8, 4) is 17.2 Å². The van der Waals surface area contributed by atoms with Crippen LogP contribution in [0.4, 0.5) is 0 Å². The number of esters is 1. The number of carbonyl (C=O) groups is 2. The quantitative estimate of drug-likeness (QED) is 0.286. The van der Waals surface area contributed by atoms with Gasteiger partial charge in [-0.2, -0.15) is 0 Å². The van der Waals surface area contributed by atoms with Crippen molar-refractivity contribution in [3.05, 3.63) is 106 Å². The normalized spacial score (nSPS) is 17.7. The van der Waals surface area contributed by atoms with E-state index >= 15 is 0 Å². The summed E-state index contributed by atoms with van der Waals surface area (Å²) in [5.41, 5.74) is 2.55. The molecule has 0 fully saturated rings. The molecule has 5 nitrogen and oxygen atoms in total. The fourth-order valence-electron chi connectivity index (χ4n) is 3.56. The molecule has 2 heterocycles. The lowest BCUT2D eigenvalue weighted by Crippen LogP contribution is -2.18. The van der Waals surface area contributed by atoms with E-state index in [-0.39, 0.29) is 23.4 Å². The fourth-order valence-corrected chi connectivity index (χ4v) is 3.68. The van der Waals surface area contributed by atoms with E-state index in [0.29, 0.717) is 21.9 Å². The Hall–Kier alpha value is -3.83. The van der Waals surface area contributed by atoms with Crippen LogP contribution < -0.4 is 14.2 Å². The minimum atomic E-state index is -0.529. The molecule has 158 valence electrons. The van der Waals surface area contributed by atoms with E-state index in [1.165, 1.54) is 6.07 Å². The van der Waals surface area contributed by atoms with Crippen LogP contribution in [0.3, 0.4) is 0 Å². The molecule has 0 amide bonds. The summed E-state index contributed by atoms with van der Waals surface area (Å²) in [7, 11) is 0. The van der Waals surface area contributed by atoms with E-state index in [9.17, 15) is 9.59 Å². The third kappa shape index (κ3) is 3.79. The van der Waals surface area contributed by atoms with Gasteiger partial charge >= 0.3 is 5.97 Å². The summed E-state index contributed by atoms with van der Waals surface area (Å²) < 4.78 is 17.2. The van der Waals surface area contributed by atoms with E-state index in [2.05, 4.69) is 0 Å². The molecule has 0 saturated heterocycles. The second-order valence-corrected chi connectivity index (χ2v) is 7.87. The number of allylic oxidation sites excluding steroid dienone is 1. The summed E-state index contributed by atoms with van der Waals surface area (Å²) in [4.78, 5) is 25.2. The summed E-state index contributed by atoms with van der Waals surface area (Å²) in [6.45, 7) is 1.92. The molecule has 2 aliphatic heterocycles. The Morgan fingerprint density at radius 2 is 1.81 bits per heavy atom. The minimum Gasteiger partial charge on any atom is -0.485 e. The predicted octanol–water partition coefficient (Wildman–Crippen LogP) is 5.88. The average Bonchev–Trinajstić information content (AvgIpc) is 3.09. The van der Waals surface area contributed by atoms with Gasteiger partial charge in [0.1, 0.15) is 23.4 Å². The van der Waals surface area contributed by atoms with E-state index in [4.69, 9.17) is 25.8 Å². The minimum absolute atomic E-state index is 0.197. The molecule has 0 radical (unpaired) electrons. The molecule has 3 aromatic carbocycles. The number of para-hydroxylation sites is 1. The lowest BCUT2D eigenvalue weighted by atomic mass is 10.0. The predicted molar refractivity (Wildman–Crippen MR) is 120 cm³/mol. The van der Waals surface area contributed by atoms with Gasteiger partial charge in [0.05, 0.1) is 11.1 Å². The van der Waals surface area contributed by atoms with Gasteiger partial charge in [0.25, 0.3) is 0 Å². The van der Waals surface area contributed by atoms with Crippen LogP contribution in [-0.4, -0.2) is 17.9 Å². The molecule has 0 unspecified atom stereocenters. The molecule has 0 aliphatic carbocycles. The molecule has 0 bridgehead atoms. The molecule has 1 atom stereocenters. The van der Waals surface area contributed by atoms with E-state index in [1.54, 1.807) is 42.5 Å². The maximum atomic E-state index is 12.8. The third-order valence-electron chi connectivity index (χ3n) is 5.24. The van der Waals surface area contributed by atoms with Crippen molar-refractivity contribution in [1.29, 1.82) is 0 Å². The number of Topliss-reactive ketones (excluding diaryl/α,β-unsaturated/α-hetero) is 1. The van der Waals surface area contributed by atoms with Crippen molar-refractivity contribution in [1.82, 2.24) is 0 Å². The molecular weight excluding hydrogens is 428 g/mol. The number of ether oxygens (including phenoxy) is 3. The highest BCUT2D eigenvalue weighted by molar-refractivity contribution is 6.30. The van der Waals surface area contributed by atoms with Crippen molar-refractivity contribution in [2.75, 3.05) is 0 Å². The molecule has 0 N–H and O–H groups in total. The number of rotatable bonds is 3. The van der Waals surface area contributed by atoms with Gasteiger partial charge in [-0.05, 0) is 67.1 Å². The number of ketones is 1. The molecular formula is C26H17ClO5. The Morgan fingerprint density at radius 3 is 2.62 bits per heavy atom. The standard InChI is InChI=1S/C26H17ClO5/c1-15-18(12-17-4-2-3-5-22(17)30-15)13-24-25(28)21-11-10-20(14-23(21)32-24)31-26(29)16-6-8-19(27)9-7-16/h2-15H,1H3/t15-/m1/s1. The van der Waals surface area contributed by atoms with Gasteiger partial charge in [0.2, 0.25) is 5.78 Å². The smallest absolute Gasteiger partial charge is 0.343 e. The zero-order valence-electron chi connectivity index (χ0n) is 17.0. The summed E-state index contributed by atoms with van der Waals surface area (Å²) in [6, 6.07) is 18.8. The van der Waals surface area contributed by atoms with Crippen LogP contribution in [0.15, 0.2) is 84.1 Å². The van der Waals surface area contributed by atoms with Gasteiger partial charge in [-0.3, -0.25) is 4.79 Å². The number of carbonyl (C=O) groups excluding carboxylic acids is 2. The summed E-state index contributed by atoms with van der Waals surface area (Å²) in [5, 5.41) is 0.529. The Bertz CT molecular complexity index is 1300. The molecule has 3 aromatic rings. The van der Waals surface area contributed by atoms with Crippen LogP contribution >= 0.6 is 11.6 Å². The van der Waals surface area contributed by atoms with Crippen LogP contribution in [0.25, 0.3) is 6.08 Å². The Kier molecular flexibility index (Phi) is 5.04. The largest absolute Gasteiger partial charge is 0.485 e. The second-order valence-electron chi connectivity index (χ2n) is 7.44. The van der Waals surface area contributed by atoms with Crippen LogP contribution in [0.2, 0.25) is 5.02 Å². The zero-order chi connectivity index (χ0) is 22.2. The molecule has 32 heavy (non-hydrogen) atoms. The van der Waals surface area contributed by atoms with Gasteiger partial charge < -0.3 is 14.2 Å². The van der Waals surface area contributed by atoms with Crippen molar-refractivity contribution >= 4 is 29.4 Å². The second kappa shape index (κ2) is 8.02. The Morgan fingerprint density at radius 1 is 1.03 bits per heavy atom. The highest BCUT2D eigenvalue weighted by Crippen LogP contribution is 2.36. The SMILES string of the molecule is C[C@H]1Oc2ccccc2C=C1C=C1Oc2cc(OC(=O)c3ccc(Cl)cc3)ccc2C1=O. The Balaban J connectivity index is 1.38. The number of fused-ring (bicyclic) bond motifs is 2.